The molecule has 8 nitrogen and oxygen atoms in total. The molecule has 0 unspecified atom stereocenters. The van der Waals surface area contributed by atoms with E-state index in [-0.39, 0.29) is 12.3 Å². The van der Waals surface area contributed by atoms with Gasteiger partial charge in [0.1, 0.15) is 5.75 Å². The molecular formula is C21H18ClN5O3S2. The Morgan fingerprint density at radius 2 is 2.00 bits per heavy atom. The van der Waals surface area contributed by atoms with Gasteiger partial charge in [0.05, 0.1) is 7.11 Å². The van der Waals surface area contributed by atoms with Crippen LogP contribution in [0.5, 0.6) is 5.75 Å². The Kier molecular flexibility index (Phi) is 7.35. The first-order valence-electron chi connectivity index (χ1n) is 9.57. The summed E-state index contributed by atoms with van der Waals surface area (Å²) in [6.07, 6.45) is 0.508. The molecule has 0 fully saturated rings. The lowest BCUT2D eigenvalue weighted by atomic mass is 10.2. The Balaban J connectivity index is 1.25. The van der Waals surface area contributed by atoms with E-state index in [4.69, 9.17) is 20.9 Å². The van der Waals surface area contributed by atoms with Crippen LogP contribution in [0, 0.1) is 0 Å². The maximum Gasteiger partial charge on any atom is 0.227 e. The van der Waals surface area contributed by atoms with Crippen molar-refractivity contribution < 1.29 is 14.1 Å². The maximum absolute atomic E-state index is 12.3. The van der Waals surface area contributed by atoms with Crippen LogP contribution >= 0.6 is 34.7 Å². The largest absolute Gasteiger partial charge is 0.497 e. The fraction of sp³-hybridized carbons (Fsp3) is 0.190. The normalized spacial score (nSPS) is 10.8. The van der Waals surface area contributed by atoms with Gasteiger partial charge in [-0.15, -0.1) is 10.2 Å². The van der Waals surface area contributed by atoms with Gasteiger partial charge in [0.25, 0.3) is 0 Å². The summed E-state index contributed by atoms with van der Waals surface area (Å²) in [6, 6.07) is 15.0. The third kappa shape index (κ3) is 5.84. The maximum atomic E-state index is 12.3. The minimum atomic E-state index is -0.201. The SMILES string of the molecule is COc1ccc(-c2noc(CCC(=O)Nc3nnc(SCc4ccccc4Cl)s3)n2)cc1. The Hall–Kier alpha value is -2.95. The number of halogens is 1. The summed E-state index contributed by atoms with van der Waals surface area (Å²) >= 11 is 9.01. The van der Waals surface area contributed by atoms with Crippen LogP contribution in [0.15, 0.2) is 57.4 Å². The highest BCUT2D eigenvalue weighted by Gasteiger charge is 2.13. The number of hydrogen-bond acceptors (Lipinski definition) is 9. The Morgan fingerprint density at radius 3 is 2.78 bits per heavy atom. The number of anilines is 1. The summed E-state index contributed by atoms with van der Waals surface area (Å²) in [6.45, 7) is 0. The molecule has 4 aromatic rings. The van der Waals surface area contributed by atoms with Crippen LogP contribution in [0.2, 0.25) is 5.02 Å². The second kappa shape index (κ2) is 10.6. The van der Waals surface area contributed by atoms with E-state index in [2.05, 4.69) is 25.7 Å². The molecule has 0 bridgehead atoms. The van der Waals surface area contributed by atoms with E-state index in [1.54, 1.807) is 7.11 Å². The van der Waals surface area contributed by atoms with Crippen molar-refractivity contribution >= 4 is 45.7 Å². The number of hydrogen-bond donors (Lipinski definition) is 1. The van der Waals surface area contributed by atoms with E-state index in [0.717, 1.165) is 21.2 Å². The summed E-state index contributed by atoms with van der Waals surface area (Å²) in [5, 5.41) is 16.0. The number of carbonyl (C=O) groups excluding carboxylic acids is 1. The van der Waals surface area contributed by atoms with Crippen LogP contribution in [0.3, 0.4) is 0 Å². The topological polar surface area (TPSA) is 103 Å². The quantitative estimate of drug-likeness (QED) is 0.256. The standard InChI is InChI=1S/C21H18ClN5O3S2/c1-29-15-8-6-13(7-9-15)19-24-18(30-27-19)11-10-17(28)23-20-25-26-21(32-20)31-12-14-4-2-3-5-16(14)22/h2-9H,10-12H2,1H3,(H,23,25,28). The number of ether oxygens (including phenoxy) is 1. The van der Waals surface area contributed by atoms with E-state index in [0.29, 0.717) is 34.0 Å². The fourth-order valence-corrected chi connectivity index (χ4v) is 4.74. The second-order valence-corrected chi connectivity index (χ2v) is 9.15. The molecular weight excluding hydrogens is 470 g/mol. The molecule has 32 heavy (non-hydrogen) atoms. The fourth-order valence-electron chi connectivity index (χ4n) is 2.69. The summed E-state index contributed by atoms with van der Waals surface area (Å²) in [7, 11) is 1.61. The number of carbonyl (C=O) groups is 1. The van der Waals surface area contributed by atoms with E-state index in [9.17, 15) is 4.79 Å². The van der Waals surface area contributed by atoms with Crippen molar-refractivity contribution in [2.45, 2.75) is 22.9 Å². The number of nitrogens with one attached hydrogen (secondary N) is 1. The number of aryl methyl sites for hydroxylation is 1. The Labute approximate surface area is 197 Å². The second-order valence-electron chi connectivity index (χ2n) is 6.54. The highest BCUT2D eigenvalue weighted by molar-refractivity contribution is 8.00. The van der Waals surface area contributed by atoms with Crippen LogP contribution in [-0.4, -0.2) is 33.4 Å². The third-order valence-electron chi connectivity index (χ3n) is 4.34. The van der Waals surface area contributed by atoms with Crippen LogP contribution in [0.1, 0.15) is 17.9 Å². The van der Waals surface area contributed by atoms with E-state index in [1.165, 1.54) is 23.1 Å². The van der Waals surface area contributed by atoms with Crippen molar-refractivity contribution in [2.75, 3.05) is 12.4 Å². The van der Waals surface area contributed by atoms with Gasteiger partial charge in [-0.1, -0.05) is 58.1 Å². The van der Waals surface area contributed by atoms with Gasteiger partial charge in [-0.3, -0.25) is 4.79 Å². The number of thioether (sulfide) groups is 1. The molecule has 0 spiro atoms. The molecule has 0 saturated carbocycles. The molecule has 11 heteroatoms. The zero-order chi connectivity index (χ0) is 22.3. The van der Waals surface area contributed by atoms with Gasteiger partial charge >= 0.3 is 0 Å². The van der Waals surface area contributed by atoms with Crippen molar-refractivity contribution in [1.29, 1.82) is 0 Å². The van der Waals surface area contributed by atoms with E-state index < -0.39 is 0 Å². The van der Waals surface area contributed by atoms with Gasteiger partial charge < -0.3 is 14.6 Å². The molecule has 1 N–H and O–H groups in total. The van der Waals surface area contributed by atoms with Crippen molar-refractivity contribution in [2.24, 2.45) is 0 Å². The zero-order valence-corrected chi connectivity index (χ0v) is 19.3. The van der Waals surface area contributed by atoms with Gasteiger partial charge in [-0.25, -0.2) is 0 Å². The lowest BCUT2D eigenvalue weighted by Gasteiger charge is -2.00. The Morgan fingerprint density at radius 1 is 1.19 bits per heavy atom. The monoisotopic (exact) mass is 487 g/mol. The van der Waals surface area contributed by atoms with E-state index in [1.807, 2.05) is 48.5 Å². The summed E-state index contributed by atoms with van der Waals surface area (Å²) in [5.41, 5.74) is 1.83. The number of amides is 1. The average Bonchev–Trinajstić information content (AvgIpc) is 3.47. The predicted octanol–water partition coefficient (Wildman–Crippen LogP) is 5.11. The van der Waals surface area contributed by atoms with Crippen molar-refractivity contribution in [1.82, 2.24) is 20.3 Å². The smallest absolute Gasteiger partial charge is 0.227 e. The highest BCUT2D eigenvalue weighted by Crippen LogP contribution is 2.30. The molecule has 2 aromatic heterocycles. The molecule has 0 radical (unpaired) electrons. The number of rotatable bonds is 9. The molecule has 4 rings (SSSR count). The first-order chi connectivity index (χ1) is 15.6. The first kappa shape index (κ1) is 22.3. The van der Waals surface area contributed by atoms with Gasteiger partial charge in [0.2, 0.25) is 22.8 Å². The molecule has 0 aliphatic rings. The Bertz CT molecular complexity index is 1200. The van der Waals surface area contributed by atoms with E-state index >= 15 is 0 Å². The van der Waals surface area contributed by atoms with Crippen LogP contribution < -0.4 is 10.1 Å². The summed E-state index contributed by atoms with van der Waals surface area (Å²) in [4.78, 5) is 16.6. The summed E-state index contributed by atoms with van der Waals surface area (Å²) < 4.78 is 11.1. The number of aromatic nitrogens is 4. The molecule has 0 saturated heterocycles. The van der Waals surface area contributed by atoms with Gasteiger partial charge in [-0.2, -0.15) is 4.98 Å². The number of nitrogens with zero attached hydrogens (tertiary/aromatic N) is 4. The minimum absolute atomic E-state index is 0.186. The van der Waals surface area contributed by atoms with Crippen molar-refractivity contribution in [3.8, 4) is 17.1 Å². The van der Waals surface area contributed by atoms with Gasteiger partial charge in [-0.05, 0) is 35.9 Å². The number of benzene rings is 2. The lowest BCUT2D eigenvalue weighted by Crippen LogP contribution is -2.12. The minimum Gasteiger partial charge on any atom is -0.497 e. The molecule has 164 valence electrons. The summed E-state index contributed by atoms with van der Waals surface area (Å²) in [5.74, 6) is 2.08. The molecule has 2 heterocycles. The molecule has 0 aliphatic heterocycles. The molecule has 1 amide bonds. The third-order valence-corrected chi connectivity index (χ3v) is 6.73. The molecule has 2 aromatic carbocycles. The predicted molar refractivity (Wildman–Crippen MR) is 124 cm³/mol. The van der Waals surface area contributed by atoms with Crippen molar-refractivity contribution in [3.63, 3.8) is 0 Å². The van der Waals surface area contributed by atoms with Crippen molar-refractivity contribution in [3.05, 3.63) is 65.0 Å². The molecule has 0 atom stereocenters. The van der Waals surface area contributed by atoms with Gasteiger partial charge in [0.15, 0.2) is 4.34 Å². The zero-order valence-electron chi connectivity index (χ0n) is 16.9. The first-order valence-corrected chi connectivity index (χ1v) is 11.8. The number of methoxy groups -OCH3 is 1. The van der Waals surface area contributed by atoms with Crippen LogP contribution in [0.25, 0.3) is 11.4 Å². The van der Waals surface area contributed by atoms with Crippen LogP contribution in [0.4, 0.5) is 5.13 Å². The van der Waals surface area contributed by atoms with Gasteiger partial charge in [0, 0.05) is 29.2 Å². The average molecular weight is 488 g/mol. The van der Waals surface area contributed by atoms with Crippen LogP contribution in [-0.2, 0) is 17.0 Å². The highest BCUT2D eigenvalue weighted by atomic mass is 35.5. The lowest BCUT2D eigenvalue weighted by molar-refractivity contribution is -0.116. The molecule has 0 aliphatic carbocycles.